The number of hydrogen-bond acceptors (Lipinski definition) is 4. The first-order valence-electron chi connectivity index (χ1n) is 8.89. The number of carbonyl (C=O) groups is 2. The van der Waals surface area contributed by atoms with Crippen molar-refractivity contribution in [3.05, 3.63) is 47.0 Å². The van der Waals surface area contributed by atoms with Gasteiger partial charge in [0, 0.05) is 22.4 Å². The molecule has 0 saturated carbocycles. The molecule has 0 bridgehead atoms. The number of rotatable bonds is 6. The molecule has 28 heavy (non-hydrogen) atoms. The number of benzene rings is 2. The monoisotopic (exact) mass is 404 g/mol. The fourth-order valence-electron chi connectivity index (χ4n) is 2.33. The lowest BCUT2D eigenvalue weighted by molar-refractivity contribution is -0.123. The van der Waals surface area contributed by atoms with Crippen LogP contribution in [0, 0.1) is 5.41 Å². The van der Waals surface area contributed by atoms with Crippen LogP contribution in [-0.2, 0) is 4.79 Å². The van der Waals surface area contributed by atoms with E-state index < -0.39 is 5.41 Å². The van der Waals surface area contributed by atoms with Gasteiger partial charge in [0.25, 0.3) is 5.91 Å². The molecule has 6 nitrogen and oxygen atoms in total. The summed E-state index contributed by atoms with van der Waals surface area (Å²) < 4.78 is 10.7. The minimum absolute atomic E-state index is 0.112. The normalized spacial score (nSPS) is 10.9. The Morgan fingerprint density at radius 3 is 2.29 bits per heavy atom. The second-order valence-corrected chi connectivity index (χ2v) is 7.57. The van der Waals surface area contributed by atoms with E-state index in [-0.39, 0.29) is 16.8 Å². The van der Waals surface area contributed by atoms with Crippen LogP contribution in [0.5, 0.6) is 11.5 Å². The van der Waals surface area contributed by atoms with Crippen LogP contribution in [0.25, 0.3) is 0 Å². The van der Waals surface area contributed by atoms with E-state index in [0.29, 0.717) is 35.0 Å². The molecule has 2 amide bonds. The molecular weight excluding hydrogens is 380 g/mol. The Hall–Kier alpha value is -2.73. The van der Waals surface area contributed by atoms with Crippen molar-refractivity contribution in [2.75, 3.05) is 24.4 Å². The van der Waals surface area contributed by atoms with Gasteiger partial charge >= 0.3 is 0 Å². The van der Waals surface area contributed by atoms with Crippen molar-refractivity contribution < 1.29 is 19.1 Å². The van der Waals surface area contributed by atoms with E-state index >= 15 is 0 Å². The fraction of sp³-hybridized carbons (Fsp3) is 0.333. The third kappa shape index (κ3) is 5.39. The number of methoxy groups -OCH3 is 1. The van der Waals surface area contributed by atoms with Gasteiger partial charge in [0.2, 0.25) is 5.91 Å². The van der Waals surface area contributed by atoms with Crippen LogP contribution >= 0.6 is 11.6 Å². The van der Waals surface area contributed by atoms with E-state index in [1.165, 1.54) is 13.2 Å². The Morgan fingerprint density at radius 2 is 1.71 bits per heavy atom. The predicted octanol–water partition coefficient (Wildman–Crippen LogP) is 4.98. The molecule has 2 rings (SSSR count). The summed E-state index contributed by atoms with van der Waals surface area (Å²) in [5.74, 6) is 0.308. The maximum absolute atomic E-state index is 12.6. The topological polar surface area (TPSA) is 76.7 Å². The molecule has 0 atom stereocenters. The SMILES string of the molecule is CCOc1c(Cl)cc(C(=O)Nc2cccc(NC(=O)C(C)(C)C)c2)cc1OC. The molecule has 0 heterocycles. The molecule has 0 spiro atoms. The molecule has 2 aromatic carbocycles. The van der Waals surface area contributed by atoms with E-state index in [9.17, 15) is 9.59 Å². The first-order chi connectivity index (χ1) is 13.2. The minimum Gasteiger partial charge on any atom is -0.493 e. The lowest BCUT2D eigenvalue weighted by atomic mass is 9.95. The number of amides is 2. The van der Waals surface area contributed by atoms with Gasteiger partial charge in [0.1, 0.15) is 0 Å². The van der Waals surface area contributed by atoms with Gasteiger partial charge < -0.3 is 20.1 Å². The molecule has 0 fully saturated rings. The van der Waals surface area contributed by atoms with E-state index in [4.69, 9.17) is 21.1 Å². The summed E-state index contributed by atoms with van der Waals surface area (Å²) in [7, 11) is 1.48. The van der Waals surface area contributed by atoms with Crippen LogP contribution in [0.1, 0.15) is 38.1 Å². The number of carbonyl (C=O) groups excluding carboxylic acids is 2. The van der Waals surface area contributed by atoms with Crippen LogP contribution in [0.3, 0.4) is 0 Å². The van der Waals surface area contributed by atoms with E-state index in [0.717, 1.165) is 0 Å². The van der Waals surface area contributed by atoms with E-state index in [1.54, 1.807) is 30.3 Å². The quantitative estimate of drug-likeness (QED) is 0.711. The van der Waals surface area contributed by atoms with Crippen molar-refractivity contribution in [2.45, 2.75) is 27.7 Å². The summed E-state index contributed by atoms with van der Waals surface area (Å²) in [4.78, 5) is 24.8. The number of ether oxygens (including phenoxy) is 2. The predicted molar refractivity (Wildman–Crippen MR) is 112 cm³/mol. The molecule has 7 heteroatoms. The lowest BCUT2D eigenvalue weighted by Gasteiger charge is -2.18. The summed E-state index contributed by atoms with van der Waals surface area (Å²) in [5.41, 5.74) is 0.949. The Kier molecular flexibility index (Phi) is 6.91. The number of hydrogen-bond donors (Lipinski definition) is 2. The van der Waals surface area contributed by atoms with Gasteiger partial charge in [0.05, 0.1) is 18.7 Å². The molecule has 2 aromatic rings. The molecule has 0 aliphatic carbocycles. The lowest BCUT2D eigenvalue weighted by Crippen LogP contribution is -2.27. The molecule has 0 radical (unpaired) electrons. The smallest absolute Gasteiger partial charge is 0.255 e. The Bertz CT molecular complexity index is 875. The van der Waals surface area contributed by atoms with Crippen molar-refractivity contribution >= 4 is 34.8 Å². The third-order valence-corrected chi connectivity index (χ3v) is 4.12. The Morgan fingerprint density at radius 1 is 1.07 bits per heavy atom. The molecule has 0 aliphatic rings. The van der Waals surface area contributed by atoms with Crippen LogP contribution < -0.4 is 20.1 Å². The molecule has 2 N–H and O–H groups in total. The second kappa shape index (κ2) is 8.97. The van der Waals surface area contributed by atoms with Gasteiger partial charge in [-0.2, -0.15) is 0 Å². The molecular formula is C21H25ClN2O4. The van der Waals surface area contributed by atoms with Crippen molar-refractivity contribution in [1.82, 2.24) is 0 Å². The van der Waals surface area contributed by atoms with E-state index in [1.807, 2.05) is 27.7 Å². The maximum atomic E-state index is 12.6. The highest BCUT2D eigenvalue weighted by Crippen LogP contribution is 2.36. The number of anilines is 2. The van der Waals surface area contributed by atoms with Gasteiger partial charge in [-0.25, -0.2) is 0 Å². The molecule has 0 aromatic heterocycles. The average Bonchev–Trinajstić information content (AvgIpc) is 2.62. The maximum Gasteiger partial charge on any atom is 0.255 e. The summed E-state index contributed by atoms with van der Waals surface area (Å²) >= 11 is 6.23. The van der Waals surface area contributed by atoms with Crippen molar-refractivity contribution in [2.24, 2.45) is 5.41 Å². The molecule has 0 aliphatic heterocycles. The standard InChI is InChI=1S/C21H25ClN2O4/c1-6-28-18-16(22)10-13(11-17(18)27-5)19(25)23-14-8-7-9-15(12-14)24-20(26)21(2,3)4/h7-12H,6H2,1-5H3,(H,23,25)(H,24,26). The van der Waals surface area contributed by atoms with Crippen molar-refractivity contribution in [1.29, 1.82) is 0 Å². The van der Waals surface area contributed by atoms with Gasteiger partial charge in [-0.15, -0.1) is 0 Å². The van der Waals surface area contributed by atoms with Crippen LogP contribution in [0.4, 0.5) is 11.4 Å². The van der Waals surface area contributed by atoms with Crippen molar-refractivity contribution in [3.63, 3.8) is 0 Å². The molecule has 150 valence electrons. The third-order valence-electron chi connectivity index (χ3n) is 3.84. The van der Waals surface area contributed by atoms with Crippen LogP contribution in [0.15, 0.2) is 36.4 Å². The zero-order chi connectivity index (χ0) is 20.9. The summed E-state index contributed by atoms with van der Waals surface area (Å²) in [6.07, 6.45) is 0. The van der Waals surface area contributed by atoms with E-state index in [2.05, 4.69) is 10.6 Å². The first-order valence-corrected chi connectivity index (χ1v) is 9.26. The van der Waals surface area contributed by atoms with Crippen molar-refractivity contribution in [3.8, 4) is 11.5 Å². The number of nitrogens with one attached hydrogen (secondary N) is 2. The highest BCUT2D eigenvalue weighted by atomic mass is 35.5. The fourth-order valence-corrected chi connectivity index (χ4v) is 2.60. The summed E-state index contributed by atoms with van der Waals surface area (Å²) in [5, 5.41) is 5.92. The van der Waals surface area contributed by atoms with Gasteiger partial charge in [-0.05, 0) is 37.3 Å². The van der Waals surface area contributed by atoms with Gasteiger partial charge in [-0.1, -0.05) is 38.4 Å². The number of halogens is 1. The zero-order valence-corrected chi connectivity index (χ0v) is 17.4. The highest BCUT2D eigenvalue weighted by Gasteiger charge is 2.21. The average molecular weight is 405 g/mol. The largest absolute Gasteiger partial charge is 0.493 e. The summed E-state index contributed by atoms with van der Waals surface area (Å²) in [6.45, 7) is 7.75. The minimum atomic E-state index is -0.519. The molecule has 0 saturated heterocycles. The second-order valence-electron chi connectivity index (χ2n) is 7.16. The Balaban J connectivity index is 2.20. The van der Waals surface area contributed by atoms with Gasteiger partial charge in [0.15, 0.2) is 11.5 Å². The van der Waals surface area contributed by atoms with Gasteiger partial charge in [-0.3, -0.25) is 9.59 Å². The summed E-state index contributed by atoms with van der Waals surface area (Å²) in [6, 6.07) is 10.0. The highest BCUT2D eigenvalue weighted by molar-refractivity contribution is 6.32. The molecule has 0 unspecified atom stereocenters. The Labute approximate surface area is 170 Å². The van der Waals surface area contributed by atoms with Crippen LogP contribution in [-0.4, -0.2) is 25.5 Å². The zero-order valence-electron chi connectivity index (χ0n) is 16.7. The first kappa shape index (κ1) is 21.6. The van der Waals surface area contributed by atoms with Crippen LogP contribution in [0.2, 0.25) is 5.02 Å².